The first kappa shape index (κ1) is 15.0. The normalized spacial score (nSPS) is 20.6. The van der Waals surface area contributed by atoms with E-state index in [1.807, 2.05) is 0 Å². The third-order valence-corrected chi connectivity index (χ3v) is 4.79. The average molecular weight is 320 g/mol. The van der Waals surface area contributed by atoms with E-state index < -0.39 is 22.2 Å². The van der Waals surface area contributed by atoms with Gasteiger partial charge in [-0.2, -0.15) is 12.7 Å². The predicted molar refractivity (Wildman–Crippen MR) is 73.8 cm³/mol. The van der Waals surface area contributed by atoms with Crippen LogP contribution >= 0.6 is 11.6 Å². The van der Waals surface area contributed by atoms with E-state index in [9.17, 15) is 13.2 Å². The summed E-state index contributed by atoms with van der Waals surface area (Å²) >= 11 is 5.62. The van der Waals surface area contributed by atoms with Crippen LogP contribution in [0, 0.1) is 0 Å². The molecule has 7 nitrogen and oxygen atoms in total. The van der Waals surface area contributed by atoms with Crippen molar-refractivity contribution in [1.29, 1.82) is 0 Å². The maximum Gasteiger partial charge on any atom is 0.322 e. The first-order valence-corrected chi connectivity index (χ1v) is 7.86. The molecular formula is C11H14ClN3O4S. The highest BCUT2D eigenvalue weighted by molar-refractivity contribution is 7.90. The fraction of sp³-hybridized carbons (Fsp3) is 0.455. The van der Waals surface area contributed by atoms with Crippen LogP contribution < -0.4 is 4.72 Å². The molecule has 0 unspecified atom stereocenters. The summed E-state index contributed by atoms with van der Waals surface area (Å²) in [6, 6.07) is 1.89. The quantitative estimate of drug-likeness (QED) is 0.816. The van der Waals surface area contributed by atoms with E-state index in [-0.39, 0.29) is 17.4 Å². The maximum absolute atomic E-state index is 12.2. The van der Waals surface area contributed by atoms with E-state index in [4.69, 9.17) is 16.7 Å². The summed E-state index contributed by atoms with van der Waals surface area (Å²) in [6.07, 6.45) is 2.93. The van der Waals surface area contributed by atoms with Crippen molar-refractivity contribution in [2.24, 2.45) is 0 Å². The molecular weight excluding hydrogens is 306 g/mol. The fourth-order valence-corrected chi connectivity index (χ4v) is 3.63. The smallest absolute Gasteiger partial charge is 0.322 e. The van der Waals surface area contributed by atoms with E-state index in [0.29, 0.717) is 19.3 Å². The van der Waals surface area contributed by atoms with Gasteiger partial charge in [-0.3, -0.25) is 9.52 Å². The number of piperidine rings is 1. The molecule has 2 rings (SSSR count). The number of nitrogens with zero attached hydrogens (tertiary/aromatic N) is 2. The van der Waals surface area contributed by atoms with Crippen LogP contribution in [0.5, 0.6) is 0 Å². The summed E-state index contributed by atoms with van der Waals surface area (Å²) in [7, 11) is -3.92. The van der Waals surface area contributed by atoms with E-state index >= 15 is 0 Å². The van der Waals surface area contributed by atoms with E-state index in [2.05, 4.69) is 9.71 Å². The van der Waals surface area contributed by atoms with Crippen LogP contribution in [0.15, 0.2) is 18.3 Å². The number of carboxylic acid groups (broad SMARTS) is 1. The zero-order valence-electron chi connectivity index (χ0n) is 10.5. The topological polar surface area (TPSA) is 99.6 Å². The highest BCUT2D eigenvalue weighted by Gasteiger charge is 2.36. The zero-order chi connectivity index (χ0) is 14.8. The Bertz CT molecular complexity index is 590. The monoisotopic (exact) mass is 319 g/mol. The van der Waals surface area contributed by atoms with Gasteiger partial charge in [0.15, 0.2) is 0 Å². The number of nitrogens with one attached hydrogen (secondary N) is 1. The van der Waals surface area contributed by atoms with Crippen molar-refractivity contribution in [2.75, 3.05) is 11.3 Å². The Balaban J connectivity index is 2.20. The summed E-state index contributed by atoms with van der Waals surface area (Å²) in [4.78, 5) is 14.9. The molecule has 0 aromatic carbocycles. The first-order chi connectivity index (χ1) is 9.40. The minimum Gasteiger partial charge on any atom is -0.480 e. The number of halogens is 1. The molecule has 2 N–H and O–H groups in total. The number of carboxylic acids is 1. The van der Waals surface area contributed by atoms with E-state index in [0.717, 1.165) is 4.31 Å². The molecule has 0 amide bonds. The summed E-state index contributed by atoms with van der Waals surface area (Å²) < 4.78 is 27.8. The lowest BCUT2D eigenvalue weighted by atomic mass is 10.1. The lowest BCUT2D eigenvalue weighted by Gasteiger charge is -2.31. The molecule has 0 radical (unpaired) electrons. The molecule has 0 saturated carbocycles. The SMILES string of the molecule is O=C(O)[C@@H]1CCCCN1S(=O)(=O)Nc1ccc(Cl)nc1. The molecule has 0 spiro atoms. The van der Waals surface area contributed by atoms with Crippen molar-refractivity contribution in [3.63, 3.8) is 0 Å². The lowest BCUT2D eigenvalue weighted by Crippen LogP contribution is -2.49. The van der Waals surface area contributed by atoms with Gasteiger partial charge in [0, 0.05) is 6.54 Å². The van der Waals surface area contributed by atoms with Crippen LogP contribution in [0.3, 0.4) is 0 Å². The Morgan fingerprint density at radius 3 is 2.80 bits per heavy atom. The molecule has 1 saturated heterocycles. The van der Waals surface area contributed by atoms with Crippen LogP contribution in [0.1, 0.15) is 19.3 Å². The number of rotatable bonds is 4. The van der Waals surface area contributed by atoms with Crippen molar-refractivity contribution in [3.8, 4) is 0 Å². The van der Waals surface area contributed by atoms with Gasteiger partial charge in [0.05, 0.1) is 11.9 Å². The highest BCUT2D eigenvalue weighted by atomic mass is 35.5. The molecule has 1 fully saturated rings. The van der Waals surface area contributed by atoms with Gasteiger partial charge in [0.2, 0.25) is 0 Å². The van der Waals surface area contributed by atoms with Crippen molar-refractivity contribution in [1.82, 2.24) is 9.29 Å². The van der Waals surface area contributed by atoms with Gasteiger partial charge in [-0.25, -0.2) is 4.98 Å². The Morgan fingerprint density at radius 2 is 2.20 bits per heavy atom. The van der Waals surface area contributed by atoms with E-state index in [1.54, 1.807) is 0 Å². The molecule has 20 heavy (non-hydrogen) atoms. The van der Waals surface area contributed by atoms with Crippen LogP contribution in [-0.4, -0.2) is 41.4 Å². The van der Waals surface area contributed by atoms with Gasteiger partial charge in [-0.05, 0) is 31.4 Å². The minimum absolute atomic E-state index is 0.188. The van der Waals surface area contributed by atoms with Crippen molar-refractivity contribution < 1.29 is 18.3 Å². The summed E-state index contributed by atoms with van der Waals surface area (Å²) in [5.74, 6) is -1.13. The van der Waals surface area contributed by atoms with Crippen molar-refractivity contribution in [2.45, 2.75) is 25.3 Å². The third-order valence-electron chi connectivity index (χ3n) is 3.02. The predicted octanol–water partition coefficient (Wildman–Crippen LogP) is 1.33. The first-order valence-electron chi connectivity index (χ1n) is 6.04. The molecule has 0 aliphatic carbocycles. The standard InChI is InChI=1S/C11H14ClN3O4S/c12-10-5-4-8(7-13-10)14-20(18,19)15-6-2-1-3-9(15)11(16)17/h4-5,7,9,14H,1-3,6H2,(H,16,17)/t9-/m0/s1. The number of aromatic nitrogens is 1. The molecule has 1 atom stereocenters. The molecule has 0 bridgehead atoms. The Kier molecular flexibility index (Phi) is 4.46. The van der Waals surface area contributed by atoms with Crippen LogP contribution in [0.2, 0.25) is 5.15 Å². The van der Waals surface area contributed by atoms with E-state index in [1.165, 1.54) is 18.3 Å². The van der Waals surface area contributed by atoms with Gasteiger partial charge < -0.3 is 5.11 Å². The van der Waals surface area contributed by atoms with Gasteiger partial charge in [-0.1, -0.05) is 11.6 Å². The highest BCUT2D eigenvalue weighted by Crippen LogP contribution is 2.22. The van der Waals surface area contributed by atoms with Crippen LogP contribution in [0.25, 0.3) is 0 Å². The molecule has 9 heteroatoms. The Morgan fingerprint density at radius 1 is 1.45 bits per heavy atom. The zero-order valence-corrected chi connectivity index (χ0v) is 12.1. The van der Waals surface area contributed by atoms with Gasteiger partial charge >= 0.3 is 16.2 Å². The molecule has 2 heterocycles. The molecule has 1 aliphatic rings. The fourth-order valence-electron chi connectivity index (χ4n) is 2.08. The van der Waals surface area contributed by atoms with Crippen LogP contribution in [-0.2, 0) is 15.0 Å². The van der Waals surface area contributed by atoms with Crippen LogP contribution in [0.4, 0.5) is 5.69 Å². The van der Waals surface area contributed by atoms with Crippen molar-refractivity contribution >= 4 is 33.5 Å². The number of anilines is 1. The Labute approximate surface area is 121 Å². The number of aliphatic carboxylic acids is 1. The second-order valence-corrected chi connectivity index (χ2v) is 6.45. The number of hydrogen-bond donors (Lipinski definition) is 2. The van der Waals surface area contributed by atoms with Gasteiger partial charge in [-0.15, -0.1) is 0 Å². The lowest BCUT2D eigenvalue weighted by molar-refractivity contribution is -0.142. The molecule has 110 valence electrons. The van der Waals surface area contributed by atoms with Gasteiger partial charge in [0.25, 0.3) is 0 Å². The number of carbonyl (C=O) groups is 1. The largest absolute Gasteiger partial charge is 0.480 e. The summed E-state index contributed by atoms with van der Waals surface area (Å²) in [5.41, 5.74) is 0.240. The second-order valence-electron chi connectivity index (χ2n) is 4.44. The molecule has 1 aliphatic heterocycles. The Hall–Kier alpha value is -1.38. The third kappa shape index (κ3) is 3.38. The van der Waals surface area contributed by atoms with Crippen molar-refractivity contribution in [3.05, 3.63) is 23.5 Å². The number of hydrogen-bond acceptors (Lipinski definition) is 4. The second kappa shape index (κ2) is 5.94. The molecule has 1 aromatic heterocycles. The maximum atomic E-state index is 12.2. The summed E-state index contributed by atoms with van der Waals surface area (Å²) in [5, 5.41) is 9.36. The van der Waals surface area contributed by atoms with Gasteiger partial charge in [0.1, 0.15) is 11.2 Å². The average Bonchev–Trinajstić information content (AvgIpc) is 2.41. The molecule has 1 aromatic rings. The minimum atomic E-state index is -3.92. The number of pyridine rings is 1. The summed E-state index contributed by atoms with van der Waals surface area (Å²) in [6.45, 7) is 0.188.